The van der Waals surface area contributed by atoms with Crippen molar-refractivity contribution >= 4 is 22.4 Å². The highest BCUT2D eigenvalue weighted by atomic mass is 16.1. The van der Waals surface area contributed by atoms with Gasteiger partial charge in [-0.05, 0) is 26.0 Å². The summed E-state index contributed by atoms with van der Waals surface area (Å²) in [6.45, 7) is 4.07. The Morgan fingerprint density at radius 1 is 1.44 bits per heavy atom. The number of rotatable bonds is 2. The van der Waals surface area contributed by atoms with Crippen molar-refractivity contribution in [2.45, 2.75) is 19.9 Å². The molecule has 0 radical (unpaired) electrons. The van der Waals surface area contributed by atoms with E-state index in [1.54, 1.807) is 6.07 Å². The normalized spacial score (nSPS) is 10.9. The molecule has 1 aromatic heterocycles. The molecule has 0 aliphatic rings. The van der Waals surface area contributed by atoms with Gasteiger partial charge in [-0.15, -0.1) is 0 Å². The van der Waals surface area contributed by atoms with Crippen molar-refractivity contribution in [3.63, 3.8) is 0 Å². The minimum Gasteiger partial charge on any atom is -0.383 e. The fourth-order valence-corrected chi connectivity index (χ4v) is 1.67. The average molecular weight is 218 g/mol. The maximum Gasteiger partial charge on any atom is 0.347 e. The number of hydrogen-bond acceptors (Lipinski definition) is 4. The van der Waals surface area contributed by atoms with E-state index in [9.17, 15) is 4.79 Å². The summed E-state index contributed by atoms with van der Waals surface area (Å²) in [7, 11) is 0. The Hall–Kier alpha value is -2.04. The molecular weight excluding hydrogens is 204 g/mol. The van der Waals surface area contributed by atoms with Crippen LogP contribution in [-0.2, 0) is 0 Å². The Bertz CT molecular complexity index is 574. The summed E-state index contributed by atoms with van der Waals surface area (Å²) < 4.78 is 0. The summed E-state index contributed by atoms with van der Waals surface area (Å²) in [5.41, 5.74) is 6.92. The van der Waals surface area contributed by atoms with Crippen LogP contribution in [0.5, 0.6) is 0 Å². The molecule has 84 valence electrons. The van der Waals surface area contributed by atoms with E-state index in [4.69, 9.17) is 5.73 Å². The molecule has 1 aromatic carbocycles. The first-order chi connectivity index (χ1) is 7.58. The number of nitrogen functional groups attached to an aromatic ring is 1. The number of nitrogens with one attached hydrogen (secondary N) is 2. The summed E-state index contributed by atoms with van der Waals surface area (Å²) >= 11 is 0. The first kappa shape index (κ1) is 10.5. The van der Waals surface area contributed by atoms with E-state index in [0.29, 0.717) is 5.52 Å². The van der Waals surface area contributed by atoms with Crippen LogP contribution in [0.3, 0.4) is 0 Å². The van der Waals surface area contributed by atoms with Crippen molar-refractivity contribution in [1.82, 2.24) is 9.97 Å². The fourth-order valence-electron chi connectivity index (χ4n) is 1.67. The first-order valence-electron chi connectivity index (χ1n) is 5.13. The minimum absolute atomic E-state index is 0.252. The van der Waals surface area contributed by atoms with E-state index in [-0.39, 0.29) is 11.9 Å². The molecule has 1 heterocycles. The van der Waals surface area contributed by atoms with Gasteiger partial charge < -0.3 is 16.0 Å². The highest BCUT2D eigenvalue weighted by Gasteiger charge is 2.07. The Labute approximate surface area is 92.7 Å². The van der Waals surface area contributed by atoms with Gasteiger partial charge in [-0.25, -0.2) is 4.79 Å². The van der Waals surface area contributed by atoms with Crippen molar-refractivity contribution in [2.75, 3.05) is 11.1 Å². The molecule has 0 saturated carbocycles. The second-order valence-electron chi connectivity index (χ2n) is 3.95. The van der Waals surface area contributed by atoms with Gasteiger partial charge in [-0.3, -0.25) is 0 Å². The molecule has 0 atom stereocenters. The van der Waals surface area contributed by atoms with Crippen molar-refractivity contribution in [3.8, 4) is 0 Å². The third-order valence-electron chi connectivity index (χ3n) is 2.23. The van der Waals surface area contributed by atoms with Crippen molar-refractivity contribution in [2.24, 2.45) is 0 Å². The van der Waals surface area contributed by atoms with Gasteiger partial charge in [0.1, 0.15) is 5.82 Å². The van der Waals surface area contributed by atoms with Crippen molar-refractivity contribution < 1.29 is 0 Å². The van der Waals surface area contributed by atoms with E-state index in [1.807, 2.05) is 26.0 Å². The monoisotopic (exact) mass is 218 g/mol. The number of nitrogens with two attached hydrogens (primary N) is 1. The molecule has 2 rings (SSSR count). The van der Waals surface area contributed by atoms with Gasteiger partial charge in [0.15, 0.2) is 0 Å². The molecule has 0 aliphatic carbocycles. The number of anilines is 2. The average Bonchev–Trinajstić information content (AvgIpc) is 2.15. The highest BCUT2D eigenvalue weighted by Crippen LogP contribution is 2.25. The zero-order chi connectivity index (χ0) is 11.7. The summed E-state index contributed by atoms with van der Waals surface area (Å²) in [6, 6.07) is 5.87. The summed E-state index contributed by atoms with van der Waals surface area (Å²) in [4.78, 5) is 17.5. The molecule has 0 fully saturated rings. The quantitative estimate of drug-likeness (QED) is 0.710. The lowest BCUT2D eigenvalue weighted by molar-refractivity contribution is 0.901. The molecule has 2 aromatic rings. The van der Waals surface area contributed by atoms with E-state index in [0.717, 1.165) is 11.1 Å². The molecule has 5 nitrogen and oxygen atoms in total. The van der Waals surface area contributed by atoms with Gasteiger partial charge in [0.05, 0.1) is 10.9 Å². The van der Waals surface area contributed by atoms with Gasteiger partial charge >= 0.3 is 5.69 Å². The van der Waals surface area contributed by atoms with E-state index < -0.39 is 5.69 Å². The van der Waals surface area contributed by atoms with Crippen molar-refractivity contribution in [3.05, 3.63) is 28.7 Å². The van der Waals surface area contributed by atoms with Crippen LogP contribution in [0.1, 0.15) is 13.8 Å². The molecule has 0 amide bonds. The highest BCUT2D eigenvalue weighted by molar-refractivity contribution is 5.98. The topological polar surface area (TPSA) is 83.8 Å². The fraction of sp³-hybridized carbons (Fsp3) is 0.273. The van der Waals surface area contributed by atoms with Crippen LogP contribution in [0.4, 0.5) is 11.5 Å². The SMILES string of the molecule is CC(C)Nc1cccc2[nH]c(=O)nc(N)c12. The Morgan fingerprint density at radius 3 is 2.88 bits per heavy atom. The van der Waals surface area contributed by atoms with Crippen molar-refractivity contribution in [1.29, 1.82) is 0 Å². The molecule has 0 unspecified atom stereocenters. The second-order valence-corrected chi connectivity index (χ2v) is 3.95. The standard InChI is InChI=1S/C11H14N4O/c1-6(2)13-7-4-3-5-8-9(7)10(12)15-11(16)14-8/h3-6,13H,1-2H3,(H3,12,14,15,16). The lowest BCUT2D eigenvalue weighted by Crippen LogP contribution is -2.15. The van der Waals surface area contributed by atoms with Gasteiger partial charge in [-0.1, -0.05) is 6.07 Å². The summed E-state index contributed by atoms with van der Waals surface area (Å²) in [5.74, 6) is 0.252. The van der Waals surface area contributed by atoms with Crippen LogP contribution in [-0.4, -0.2) is 16.0 Å². The first-order valence-corrected chi connectivity index (χ1v) is 5.13. The number of aromatic nitrogens is 2. The maximum atomic E-state index is 11.2. The second kappa shape index (κ2) is 3.84. The third kappa shape index (κ3) is 1.84. The van der Waals surface area contributed by atoms with Crippen LogP contribution >= 0.6 is 0 Å². The number of nitrogens with zero attached hydrogens (tertiary/aromatic N) is 1. The summed E-state index contributed by atoms with van der Waals surface area (Å²) in [6.07, 6.45) is 0. The zero-order valence-electron chi connectivity index (χ0n) is 9.24. The summed E-state index contributed by atoms with van der Waals surface area (Å²) in [5, 5.41) is 4.03. The van der Waals surface area contributed by atoms with Gasteiger partial charge in [0.25, 0.3) is 0 Å². The molecule has 5 heteroatoms. The predicted octanol–water partition coefficient (Wildman–Crippen LogP) is 1.33. The number of fused-ring (bicyclic) bond motifs is 1. The molecule has 0 saturated heterocycles. The molecular formula is C11H14N4O. The van der Waals surface area contributed by atoms with E-state index in [1.165, 1.54) is 0 Å². The number of H-pyrrole nitrogens is 1. The lowest BCUT2D eigenvalue weighted by Gasteiger charge is -2.13. The van der Waals surface area contributed by atoms with Gasteiger partial charge in [0.2, 0.25) is 0 Å². The van der Waals surface area contributed by atoms with Gasteiger partial charge in [-0.2, -0.15) is 4.98 Å². The molecule has 0 bridgehead atoms. The molecule has 0 aliphatic heterocycles. The molecule has 0 spiro atoms. The molecule has 16 heavy (non-hydrogen) atoms. The lowest BCUT2D eigenvalue weighted by atomic mass is 10.2. The van der Waals surface area contributed by atoms with Crippen LogP contribution in [0.15, 0.2) is 23.0 Å². The van der Waals surface area contributed by atoms with E-state index in [2.05, 4.69) is 15.3 Å². The number of aromatic amines is 1. The Balaban J connectivity index is 2.71. The smallest absolute Gasteiger partial charge is 0.347 e. The number of hydrogen-bond donors (Lipinski definition) is 3. The Morgan fingerprint density at radius 2 is 2.19 bits per heavy atom. The molecule has 4 N–H and O–H groups in total. The third-order valence-corrected chi connectivity index (χ3v) is 2.23. The Kier molecular flexibility index (Phi) is 2.52. The van der Waals surface area contributed by atoms with Crippen LogP contribution in [0.2, 0.25) is 0 Å². The maximum absolute atomic E-state index is 11.2. The van der Waals surface area contributed by atoms with Gasteiger partial charge in [0, 0.05) is 11.7 Å². The van der Waals surface area contributed by atoms with Crippen LogP contribution < -0.4 is 16.7 Å². The number of benzene rings is 1. The predicted molar refractivity (Wildman–Crippen MR) is 65.5 cm³/mol. The van der Waals surface area contributed by atoms with Crippen LogP contribution in [0.25, 0.3) is 10.9 Å². The van der Waals surface area contributed by atoms with E-state index >= 15 is 0 Å². The van der Waals surface area contributed by atoms with Crippen LogP contribution in [0, 0.1) is 0 Å². The largest absolute Gasteiger partial charge is 0.383 e. The zero-order valence-corrected chi connectivity index (χ0v) is 9.24. The minimum atomic E-state index is -0.424.